The highest BCUT2D eigenvalue weighted by Crippen LogP contribution is 2.76. The molecule has 0 heteroatoms. The van der Waals surface area contributed by atoms with E-state index in [1.165, 1.54) is 17.5 Å². The summed E-state index contributed by atoms with van der Waals surface area (Å²) in [7, 11) is 0. The van der Waals surface area contributed by atoms with Gasteiger partial charge in [-0.3, -0.25) is 0 Å². The highest BCUT2D eigenvalue weighted by Gasteiger charge is 2.74. The first-order valence-corrected chi connectivity index (χ1v) is 7.72. The van der Waals surface area contributed by atoms with Gasteiger partial charge in [0.05, 0.1) is 0 Å². The summed E-state index contributed by atoms with van der Waals surface area (Å²) < 4.78 is 0. The second kappa shape index (κ2) is 3.63. The highest BCUT2D eigenvalue weighted by molar-refractivity contribution is 5.53. The van der Waals surface area contributed by atoms with Crippen molar-refractivity contribution in [3.05, 3.63) is 83.9 Å². The SMILES string of the molecule is C1=C[C@H]2C[C@H]1[C@@H]1[C@@H]2C1(c1ccccc1)c1ccccc1. The van der Waals surface area contributed by atoms with E-state index in [9.17, 15) is 0 Å². The van der Waals surface area contributed by atoms with Crippen LogP contribution in [-0.2, 0) is 5.41 Å². The van der Waals surface area contributed by atoms with Gasteiger partial charge in [0, 0.05) is 5.41 Å². The molecule has 98 valence electrons. The van der Waals surface area contributed by atoms with E-state index in [1.54, 1.807) is 0 Å². The zero-order chi connectivity index (χ0) is 13.2. The van der Waals surface area contributed by atoms with Crippen molar-refractivity contribution in [2.75, 3.05) is 0 Å². The Morgan fingerprint density at radius 1 is 0.650 bits per heavy atom. The molecular weight excluding hydrogens is 240 g/mol. The van der Waals surface area contributed by atoms with E-state index >= 15 is 0 Å². The molecule has 4 atom stereocenters. The molecule has 0 aromatic heterocycles. The molecule has 0 saturated heterocycles. The van der Waals surface area contributed by atoms with Gasteiger partial charge in [0.1, 0.15) is 0 Å². The average Bonchev–Trinajstić information content (AvgIpc) is 2.84. The summed E-state index contributed by atoms with van der Waals surface area (Å²) in [5.74, 6) is 3.29. The standard InChI is InChI=1S/C20H18/c1-3-7-16(8-4-1)20(17-9-5-2-6-10-17)18-14-11-12-15(13-14)19(18)20/h1-12,14-15,18-19H,13H2/t14-,15-,18+,19+/m0/s1. The molecule has 0 nitrogen and oxygen atoms in total. The first-order valence-electron chi connectivity index (χ1n) is 7.72. The summed E-state index contributed by atoms with van der Waals surface area (Å²) in [6.45, 7) is 0. The number of benzene rings is 2. The Morgan fingerprint density at radius 2 is 1.10 bits per heavy atom. The Morgan fingerprint density at radius 3 is 1.55 bits per heavy atom. The number of hydrogen-bond donors (Lipinski definition) is 0. The molecule has 3 aliphatic rings. The molecule has 2 fully saturated rings. The fourth-order valence-electron chi connectivity index (χ4n) is 5.30. The lowest BCUT2D eigenvalue weighted by molar-refractivity contribution is 0.478. The van der Waals surface area contributed by atoms with Crippen molar-refractivity contribution in [2.45, 2.75) is 11.8 Å². The summed E-state index contributed by atoms with van der Waals surface area (Å²) in [6, 6.07) is 22.4. The lowest BCUT2D eigenvalue weighted by Crippen LogP contribution is -2.20. The minimum Gasteiger partial charge on any atom is -0.0848 e. The van der Waals surface area contributed by atoms with E-state index in [0.29, 0.717) is 5.41 Å². The van der Waals surface area contributed by atoms with Crippen molar-refractivity contribution in [3.63, 3.8) is 0 Å². The van der Waals surface area contributed by atoms with Gasteiger partial charge in [-0.25, -0.2) is 0 Å². The van der Waals surface area contributed by atoms with Crippen LogP contribution in [-0.4, -0.2) is 0 Å². The van der Waals surface area contributed by atoms with E-state index in [4.69, 9.17) is 0 Å². The molecule has 0 heterocycles. The number of hydrogen-bond acceptors (Lipinski definition) is 0. The molecule has 2 aromatic rings. The van der Waals surface area contributed by atoms with Crippen molar-refractivity contribution in [1.29, 1.82) is 0 Å². The Hall–Kier alpha value is -1.82. The normalized spacial score (nSPS) is 35.0. The molecular formula is C20H18. The van der Waals surface area contributed by atoms with Crippen molar-refractivity contribution in [1.82, 2.24) is 0 Å². The summed E-state index contributed by atoms with van der Waals surface area (Å²) in [5.41, 5.74) is 3.35. The van der Waals surface area contributed by atoms with Gasteiger partial charge in [-0.1, -0.05) is 72.8 Å². The molecule has 0 radical (unpaired) electrons. The fraction of sp³-hybridized carbons (Fsp3) is 0.300. The van der Waals surface area contributed by atoms with Gasteiger partial charge in [-0.05, 0) is 41.2 Å². The molecule has 0 amide bonds. The lowest BCUT2D eigenvalue weighted by atomic mass is 9.78. The van der Waals surface area contributed by atoms with Crippen molar-refractivity contribution >= 4 is 0 Å². The Kier molecular flexibility index (Phi) is 1.98. The van der Waals surface area contributed by atoms with Gasteiger partial charge in [-0.2, -0.15) is 0 Å². The van der Waals surface area contributed by atoms with Crippen LogP contribution in [0.3, 0.4) is 0 Å². The average molecular weight is 258 g/mol. The van der Waals surface area contributed by atoms with Gasteiger partial charge in [-0.15, -0.1) is 0 Å². The summed E-state index contributed by atoms with van der Waals surface area (Å²) in [6.07, 6.45) is 6.37. The minimum atomic E-state index is 0.291. The predicted molar refractivity (Wildman–Crippen MR) is 81.4 cm³/mol. The summed E-state index contributed by atoms with van der Waals surface area (Å²) >= 11 is 0. The first kappa shape index (κ1) is 10.9. The van der Waals surface area contributed by atoms with Crippen LogP contribution in [0.2, 0.25) is 0 Å². The molecule has 0 aliphatic heterocycles. The maximum Gasteiger partial charge on any atom is 0.0277 e. The van der Waals surface area contributed by atoms with E-state index in [1.807, 2.05) is 0 Å². The predicted octanol–water partition coefficient (Wildman–Crippen LogP) is 4.42. The Labute approximate surface area is 120 Å². The highest BCUT2D eigenvalue weighted by atomic mass is 14.8. The van der Waals surface area contributed by atoms with Crippen LogP contribution in [0.25, 0.3) is 0 Å². The number of allylic oxidation sites excluding steroid dienone is 2. The third kappa shape index (κ3) is 1.14. The third-order valence-electron chi connectivity index (χ3n) is 5.90. The van der Waals surface area contributed by atoms with E-state index in [2.05, 4.69) is 72.8 Å². The topological polar surface area (TPSA) is 0 Å². The van der Waals surface area contributed by atoms with Crippen molar-refractivity contribution < 1.29 is 0 Å². The monoisotopic (exact) mass is 258 g/mol. The van der Waals surface area contributed by atoms with Crippen LogP contribution >= 0.6 is 0 Å². The van der Waals surface area contributed by atoms with Crippen LogP contribution in [0.5, 0.6) is 0 Å². The fourth-order valence-corrected chi connectivity index (χ4v) is 5.30. The third-order valence-corrected chi connectivity index (χ3v) is 5.90. The van der Waals surface area contributed by atoms with E-state index in [-0.39, 0.29) is 0 Å². The van der Waals surface area contributed by atoms with E-state index in [0.717, 1.165) is 23.7 Å². The molecule has 2 aromatic carbocycles. The zero-order valence-electron chi connectivity index (χ0n) is 11.4. The molecule has 0 unspecified atom stereocenters. The van der Waals surface area contributed by atoms with Crippen LogP contribution < -0.4 is 0 Å². The van der Waals surface area contributed by atoms with Gasteiger partial charge in [0.25, 0.3) is 0 Å². The number of rotatable bonds is 2. The lowest BCUT2D eigenvalue weighted by Gasteiger charge is -2.25. The van der Waals surface area contributed by atoms with Gasteiger partial charge < -0.3 is 0 Å². The quantitative estimate of drug-likeness (QED) is 0.699. The van der Waals surface area contributed by atoms with E-state index < -0.39 is 0 Å². The van der Waals surface area contributed by atoms with Crippen LogP contribution in [0.1, 0.15) is 17.5 Å². The Balaban J connectivity index is 1.71. The second-order valence-electron chi connectivity index (χ2n) is 6.60. The van der Waals surface area contributed by atoms with Crippen molar-refractivity contribution in [3.8, 4) is 0 Å². The first-order chi connectivity index (χ1) is 9.92. The smallest absolute Gasteiger partial charge is 0.0277 e. The van der Waals surface area contributed by atoms with Gasteiger partial charge in [0.15, 0.2) is 0 Å². The minimum absolute atomic E-state index is 0.291. The molecule has 2 bridgehead atoms. The molecule has 3 aliphatic carbocycles. The molecule has 0 spiro atoms. The van der Waals surface area contributed by atoms with Crippen molar-refractivity contribution in [2.24, 2.45) is 23.7 Å². The van der Waals surface area contributed by atoms with Gasteiger partial charge >= 0.3 is 0 Å². The van der Waals surface area contributed by atoms with Gasteiger partial charge in [0.2, 0.25) is 0 Å². The van der Waals surface area contributed by atoms with Crippen LogP contribution in [0.15, 0.2) is 72.8 Å². The maximum atomic E-state index is 2.49. The zero-order valence-corrected chi connectivity index (χ0v) is 11.4. The molecule has 20 heavy (non-hydrogen) atoms. The van der Waals surface area contributed by atoms with Crippen LogP contribution in [0.4, 0.5) is 0 Å². The molecule has 0 N–H and O–H groups in total. The summed E-state index contributed by atoms with van der Waals surface area (Å²) in [5, 5.41) is 0. The Bertz CT molecular complexity index is 608. The maximum absolute atomic E-state index is 2.49. The number of fused-ring (bicyclic) bond motifs is 5. The summed E-state index contributed by atoms with van der Waals surface area (Å²) in [4.78, 5) is 0. The van der Waals surface area contributed by atoms with Crippen LogP contribution in [0, 0.1) is 23.7 Å². The largest absolute Gasteiger partial charge is 0.0848 e. The molecule has 5 rings (SSSR count). The second-order valence-corrected chi connectivity index (χ2v) is 6.60. The molecule has 2 saturated carbocycles.